The molecule has 1 aliphatic heterocycles. The van der Waals surface area contributed by atoms with Crippen molar-refractivity contribution in [1.82, 2.24) is 10.1 Å². The van der Waals surface area contributed by atoms with Crippen molar-refractivity contribution in [3.8, 4) is 11.3 Å². The van der Waals surface area contributed by atoms with Crippen LogP contribution in [0.5, 0.6) is 0 Å². The standard InChI is InChI=1S/C18H16N2O2S/c21-18(20-10-4-8-15(20)17-9-5-11-23-17)16-12-14(19-22-16)13-6-2-1-3-7-13/h1-3,5-7,9,11-12,15H,4,8,10H2/t15-/m0/s1. The zero-order chi connectivity index (χ0) is 15.6. The molecule has 116 valence electrons. The Morgan fingerprint density at radius 1 is 1.22 bits per heavy atom. The highest BCUT2D eigenvalue weighted by molar-refractivity contribution is 7.10. The van der Waals surface area contributed by atoms with Gasteiger partial charge in [-0.25, -0.2) is 0 Å². The SMILES string of the molecule is O=C(c1cc(-c2ccccc2)no1)N1CCC[C@H]1c1cccs1. The van der Waals surface area contributed by atoms with Crippen LogP contribution in [0.3, 0.4) is 0 Å². The molecule has 3 heterocycles. The molecule has 1 aliphatic rings. The van der Waals surface area contributed by atoms with Crippen molar-refractivity contribution in [2.45, 2.75) is 18.9 Å². The quantitative estimate of drug-likeness (QED) is 0.718. The summed E-state index contributed by atoms with van der Waals surface area (Å²) in [7, 11) is 0. The van der Waals surface area contributed by atoms with E-state index in [-0.39, 0.29) is 11.9 Å². The summed E-state index contributed by atoms with van der Waals surface area (Å²) in [4.78, 5) is 15.9. The summed E-state index contributed by atoms with van der Waals surface area (Å²) in [5, 5.41) is 6.10. The second kappa shape index (κ2) is 6.01. The van der Waals surface area contributed by atoms with Gasteiger partial charge in [0.05, 0.1) is 6.04 Å². The van der Waals surface area contributed by atoms with Gasteiger partial charge in [-0.3, -0.25) is 4.79 Å². The minimum atomic E-state index is -0.0735. The number of carbonyl (C=O) groups excluding carboxylic acids is 1. The lowest BCUT2D eigenvalue weighted by Crippen LogP contribution is -2.29. The minimum Gasteiger partial charge on any atom is -0.350 e. The molecule has 1 amide bonds. The average molecular weight is 324 g/mol. The van der Waals surface area contributed by atoms with Crippen LogP contribution in [0.1, 0.15) is 34.3 Å². The van der Waals surface area contributed by atoms with Gasteiger partial charge in [-0.15, -0.1) is 11.3 Å². The van der Waals surface area contributed by atoms with Gasteiger partial charge in [-0.1, -0.05) is 41.6 Å². The van der Waals surface area contributed by atoms with Crippen molar-refractivity contribution in [3.05, 3.63) is 64.5 Å². The van der Waals surface area contributed by atoms with Gasteiger partial charge in [0.15, 0.2) is 0 Å². The first kappa shape index (κ1) is 14.2. The fraction of sp³-hybridized carbons (Fsp3) is 0.222. The molecule has 23 heavy (non-hydrogen) atoms. The Labute approximate surface area is 138 Å². The van der Waals surface area contributed by atoms with E-state index in [1.165, 1.54) is 4.88 Å². The summed E-state index contributed by atoms with van der Waals surface area (Å²) in [5.74, 6) is 0.239. The van der Waals surface area contributed by atoms with E-state index in [2.05, 4.69) is 16.6 Å². The summed E-state index contributed by atoms with van der Waals surface area (Å²) < 4.78 is 5.32. The maximum absolute atomic E-state index is 12.8. The molecule has 2 aromatic heterocycles. The first-order valence-corrected chi connectivity index (χ1v) is 8.57. The first-order valence-electron chi connectivity index (χ1n) is 7.69. The smallest absolute Gasteiger partial charge is 0.293 e. The molecule has 1 fully saturated rings. The van der Waals surface area contributed by atoms with Gasteiger partial charge in [-0.2, -0.15) is 0 Å². The molecule has 1 aromatic carbocycles. The van der Waals surface area contributed by atoms with Gasteiger partial charge in [0.1, 0.15) is 5.69 Å². The van der Waals surface area contributed by atoms with Crippen molar-refractivity contribution < 1.29 is 9.32 Å². The number of hydrogen-bond donors (Lipinski definition) is 0. The van der Waals surface area contributed by atoms with Crippen molar-refractivity contribution in [3.63, 3.8) is 0 Å². The highest BCUT2D eigenvalue weighted by atomic mass is 32.1. The number of rotatable bonds is 3. The normalized spacial score (nSPS) is 17.6. The molecule has 0 radical (unpaired) electrons. The van der Waals surface area contributed by atoms with Crippen LogP contribution in [0.4, 0.5) is 0 Å². The fourth-order valence-electron chi connectivity index (χ4n) is 3.05. The highest BCUT2D eigenvalue weighted by Gasteiger charge is 2.33. The van der Waals surface area contributed by atoms with E-state index in [1.807, 2.05) is 41.3 Å². The Morgan fingerprint density at radius 2 is 2.09 bits per heavy atom. The van der Waals surface area contributed by atoms with E-state index in [0.717, 1.165) is 24.9 Å². The maximum atomic E-state index is 12.8. The summed E-state index contributed by atoms with van der Waals surface area (Å²) in [5.41, 5.74) is 1.65. The molecule has 3 aromatic rings. The van der Waals surface area contributed by atoms with Crippen LogP contribution in [-0.2, 0) is 0 Å². The van der Waals surface area contributed by atoms with Gasteiger partial charge < -0.3 is 9.42 Å². The average Bonchev–Trinajstić information content (AvgIpc) is 3.34. The predicted octanol–water partition coefficient (Wildman–Crippen LogP) is 4.38. The number of thiophene rings is 1. The summed E-state index contributed by atoms with van der Waals surface area (Å²) in [6, 6.07) is 15.8. The predicted molar refractivity (Wildman–Crippen MR) is 89.3 cm³/mol. The Bertz CT molecular complexity index is 796. The Balaban J connectivity index is 1.59. The molecule has 4 rings (SSSR count). The van der Waals surface area contributed by atoms with Crippen LogP contribution in [0.25, 0.3) is 11.3 Å². The third-order valence-corrected chi connectivity index (χ3v) is 5.15. The van der Waals surface area contributed by atoms with Gasteiger partial charge in [0.2, 0.25) is 5.76 Å². The Kier molecular flexibility index (Phi) is 3.71. The third-order valence-electron chi connectivity index (χ3n) is 4.18. The molecular formula is C18H16N2O2S. The highest BCUT2D eigenvalue weighted by Crippen LogP contribution is 2.35. The lowest BCUT2D eigenvalue weighted by atomic mass is 10.1. The number of aromatic nitrogens is 1. The van der Waals surface area contributed by atoms with Crippen LogP contribution in [-0.4, -0.2) is 22.5 Å². The number of hydrogen-bond acceptors (Lipinski definition) is 4. The molecule has 0 bridgehead atoms. The van der Waals surface area contributed by atoms with Crippen molar-refractivity contribution >= 4 is 17.2 Å². The van der Waals surface area contributed by atoms with E-state index in [0.29, 0.717) is 11.5 Å². The van der Waals surface area contributed by atoms with Crippen LogP contribution < -0.4 is 0 Å². The van der Waals surface area contributed by atoms with Crippen LogP contribution in [0, 0.1) is 0 Å². The number of benzene rings is 1. The largest absolute Gasteiger partial charge is 0.350 e. The van der Waals surface area contributed by atoms with E-state index in [9.17, 15) is 4.79 Å². The second-order valence-corrected chi connectivity index (χ2v) is 6.59. The van der Waals surface area contributed by atoms with Crippen molar-refractivity contribution in [1.29, 1.82) is 0 Å². The number of carbonyl (C=O) groups is 1. The lowest BCUT2D eigenvalue weighted by Gasteiger charge is -2.22. The first-order chi connectivity index (χ1) is 11.3. The van der Waals surface area contributed by atoms with E-state index >= 15 is 0 Å². The van der Waals surface area contributed by atoms with Crippen LogP contribution in [0.2, 0.25) is 0 Å². The fourth-order valence-corrected chi connectivity index (χ4v) is 3.92. The molecule has 0 saturated carbocycles. The number of nitrogens with zero attached hydrogens (tertiary/aromatic N) is 2. The Hall–Kier alpha value is -2.40. The van der Waals surface area contributed by atoms with Crippen LogP contribution >= 0.6 is 11.3 Å². The zero-order valence-electron chi connectivity index (χ0n) is 12.5. The van der Waals surface area contributed by atoms with Crippen molar-refractivity contribution in [2.24, 2.45) is 0 Å². The van der Waals surface area contributed by atoms with Crippen LogP contribution in [0.15, 0.2) is 58.4 Å². The third kappa shape index (κ3) is 2.68. The summed E-state index contributed by atoms with van der Waals surface area (Å²) >= 11 is 1.70. The minimum absolute atomic E-state index is 0.0735. The molecular weight excluding hydrogens is 308 g/mol. The lowest BCUT2D eigenvalue weighted by molar-refractivity contribution is 0.0695. The monoisotopic (exact) mass is 324 g/mol. The molecule has 0 N–H and O–H groups in total. The molecule has 0 unspecified atom stereocenters. The molecule has 1 saturated heterocycles. The second-order valence-electron chi connectivity index (χ2n) is 5.61. The summed E-state index contributed by atoms with van der Waals surface area (Å²) in [6.07, 6.45) is 2.03. The number of likely N-dealkylation sites (tertiary alicyclic amines) is 1. The Morgan fingerprint density at radius 3 is 2.87 bits per heavy atom. The molecule has 4 nitrogen and oxygen atoms in total. The molecule has 5 heteroatoms. The van der Waals surface area contributed by atoms with Gasteiger partial charge in [-0.05, 0) is 24.3 Å². The molecule has 1 atom stereocenters. The van der Waals surface area contributed by atoms with E-state index in [4.69, 9.17) is 4.52 Å². The maximum Gasteiger partial charge on any atom is 0.293 e. The topological polar surface area (TPSA) is 46.3 Å². The van der Waals surface area contributed by atoms with Gasteiger partial charge >= 0.3 is 0 Å². The zero-order valence-corrected chi connectivity index (χ0v) is 13.3. The number of amides is 1. The molecule has 0 aliphatic carbocycles. The molecule has 0 spiro atoms. The van der Waals surface area contributed by atoms with Gasteiger partial charge in [0.25, 0.3) is 5.91 Å². The van der Waals surface area contributed by atoms with Crippen molar-refractivity contribution in [2.75, 3.05) is 6.54 Å². The van der Waals surface area contributed by atoms with E-state index < -0.39 is 0 Å². The van der Waals surface area contributed by atoms with Gasteiger partial charge in [0, 0.05) is 23.1 Å². The van der Waals surface area contributed by atoms with E-state index in [1.54, 1.807) is 17.4 Å². The summed E-state index contributed by atoms with van der Waals surface area (Å²) in [6.45, 7) is 0.767.